The molecule has 0 saturated heterocycles. The molecule has 0 aromatic heterocycles. The van der Waals surface area contributed by atoms with E-state index in [1.54, 1.807) is 12.1 Å². The molecule has 0 bridgehead atoms. The Morgan fingerprint density at radius 3 is 2.59 bits per heavy atom. The molecule has 0 fully saturated rings. The van der Waals surface area contributed by atoms with Gasteiger partial charge in [-0.05, 0) is 37.1 Å². The van der Waals surface area contributed by atoms with Crippen LogP contribution in [-0.4, -0.2) is 11.7 Å². The second kappa shape index (κ2) is 6.12. The summed E-state index contributed by atoms with van der Waals surface area (Å²) in [5.74, 6) is -0.346. The fraction of sp³-hybridized carbons (Fsp3) is 0.571. The lowest BCUT2D eigenvalue weighted by Crippen LogP contribution is -2.39. The minimum Gasteiger partial charge on any atom is -0.385 e. The third kappa shape index (κ3) is 3.05. The van der Waals surface area contributed by atoms with Crippen molar-refractivity contribution < 1.29 is 9.50 Å². The molecule has 17 heavy (non-hydrogen) atoms. The Hall–Kier alpha value is -0.930. The molecule has 0 aliphatic heterocycles. The number of aliphatic hydroxyl groups is 1. The van der Waals surface area contributed by atoms with Gasteiger partial charge in [-0.1, -0.05) is 32.4 Å². The Labute approximate surface area is 103 Å². The number of benzene rings is 1. The van der Waals surface area contributed by atoms with Gasteiger partial charge in [-0.25, -0.2) is 4.39 Å². The average molecular weight is 239 g/mol. The second-order valence-electron chi connectivity index (χ2n) is 4.51. The van der Waals surface area contributed by atoms with Crippen LogP contribution in [0.4, 0.5) is 4.39 Å². The van der Waals surface area contributed by atoms with Crippen LogP contribution >= 0.6 is 0 Å². The average Bonchev–Trinajstić information content (AvgIpc) is 2.35. The first-order chi connectivity index (χ1) is 8.08. The third-order valence-electron chi connectivity index (χ3n) is 3.46. The first kappa shape index (κ1) is 14.1. The normalized spacial score (nSPS) is 16.5. The van der Waals surface area contributed by atoms with Crippen molar-refractivity contribution in [1.29, 1.82) is 0 Å². The van der Waals surface area contributed by atoms with Crippen molar-refractivity contribution in [3.8, 4) is 0 Å². The van der Waals surface area contributed by atoms with E-state index >= 15 is 0 Å². The standard InChI is InChI=1S/C14H22FNO/c1-3-6-12(10-16)14(17,4-2)11-7-5-8-13(15)9-11/h5,7-9,12,17H,3-4,6,10,16H2,1-2H3. The van der Waals surface area contributed by atoms with Crippen LogP contribution in [0.5, 0.6) is 0 Å². The van der Waals surface area contributed by atoms with Crippen LogP contribution in [0.3, 0.4) is 0 Å². The minimum absolute atomic E-state index is 0.0284. The molecule has 96 valence electrons. The summed E-state index contributed by atoms with van der Waals surface area (Å²) in [6, 6.07) is 6.19. The van der Waals surface area contributed by atoms with Gasteiger partial charge < -0.3 is 10.8 Å². The maximum atomic E-state index is 13.2. The Morgan fingerprint density at radius 1 is 1.41 bits per heavy atom. The van der Waals surface area contributed by atoms with E-state index in [1.807, 2.05) is 6.92 Å². The largest absolute Gasteiger partial charge is 0.385 e. The predicted molar refractivity (Wildman–Crippen MR) is 68.0 cm³/mol. The van der Waals surface area contributed by atoms with E-state index in [9.17, 15) is 9.50 Å². The summed E-state index contributed by atoms with van der Waals surface area (Å²) in [7, 11) is 0. The van der Waals surface area contributed by atoms with Crippen molar-refractivity contribution in [2.24, 2.45) is 11.7 Å². The van der Waals surface area contributed by atoms with Gasteiger partial charge in [0.25, 0.3) is 0 Å². The lowest BCUT2D eigenvalue weighted by Gasteiger charge is -2.35. The van der Waals surface area contributed by atoms with Gasteiger partial charge in [-0.15, -0.1) is 0 Å². The van der Waals surface area contributed by atoms with Crippen LogP contribution in [0, 0.1) is 11.7 Å². The van der Waals surface area contributed by atoms with Gasteiger partial charge in [0, 0.05) is 5.92 Å². The van der Waals surface area contributed by atoms with E-state index in [0.717, 1.165) is 12.8 Å². The Balaban J connectivity index is 3.09. The van der Waals surface area contributed by atoms with Gasteiger partial charge in [-0.3, -0.25) is 0 Å². The molecule has 3 N–H and O–H groups in total. The highest BCUT2D eigenvalue weighted by molar-refractivity contribution is 5.24. The molecule has 1 rings (SSSR count). The first-order valence-electron chi connectivity index (χ1n) is 6.27. The first-order valence-corrected chi connectivity index (χ1v) is 6.27. The number of hydrogen-bond acceptors (Lipinski definition) is 2. The molecule has 3 heteroatoms. The fourth-order valence-electron chi connectivity index (χ4n) is 2.39. The molecule has 2 nitrogen and oxygen atoms in total. The van der Waals surface area contributed by atoms with Crippen molar-refractivity contribution in [1.82, 2.24) is 0 Å². The second-order valence-corrected chi connectivity index (χ2v) is 4.51. The molecule has 0 aliphatic carbocycles. The van der Waals surface area contributed by atoms with Crippen LogP contribution in [0.1, 0.15) is 38.7 Å². The van der Waals surface area contributed by atoms with E-state index in [4.69, 9.17) is 5.73 Å². The summed E-state index contributed by atoms with van der Waals surface area (Å²) >= 11 is 0. The van der Waals surface area contributed by atoms with Gasteiger partial charge in [-0.2, -0.15) is 0 Å². The van der Waals surface area contributed by atoms with Gasteiger partial charge in [0.05, 0.1) is 5.60 Å². The SMILES string of the molecule is CCCC(CN)C(O)(CC)c1cccc(F)c1. The molecular weight excluding hydrogens is 217 g/mol. The fourth-order valence-corrected chi connectivity index (χ4v) is 2.39. The molecule has 2 atom stereocenters. The lowest BCUT2D eigenvalue weighted by atomic mass is 9.77. The predicted octanol–water partition coefficient (Wildman–Crippen LogP) is 2.80. The molecule has 0 amide bonds. The quantitative estimate of drug-likeness (QED) is 0.802. The van der Waals surface area contributed by atoms with Crippen LogP contribution < -0.4 is 5.73 Å². The lowest BCUT2D eigenvalue weighted by molar-refractivity contribution is -0.0284. The maximum absolute atomic E-state index is 13.2. The third-order valence-corrected chi connectivity index (χ3v) is 3.46. The number of nitrogens with two attached hydrogens (primary N) is 1. The van der Waals surface area contributed by atoms with E-state index in [-0.39, 0.29) is 11.7 Å². The molecule has 1 aromatic rings. The van der Waals surface area contributed by atoms with Crippen LogP contribution in [-0.2, 0) is 5.60 Å². The van der Waals surface area contributed by atoms with E-state index in [0.29, 0.717) is 18.5 Å². The zero-order valence-corrected chi connectivity index (χ0v) is 10.6. The summed E-state index contributed by atoms with van der Waals surface area (Å²) in [4.78, 5) is 0. The van der Waals surface area contributed by atoms with E-state index in [1.165, 1.54) is 12.1 Å². The number of halogens is 1. The van der Waals surface area contributed by atoms with E-state index in [2.05, 4.69) is 6.92 Å². The monoisotopic (exact) mass is 239 g/mol. The topological polar surface area (TPSA) is 46.2 Å². The summed E-state index contributed by atoms with van der Waals surface area (Å²) in [6.07, 6.45) is 2.34. The van der Waals surface area contributed by atoms with Gasteiger partial charge >= 0.3 is 0 Å². The summed E-state index contributed by atoms with van der Waals surface area (Å²) in [5.41, 5.74) is 5.35. The summed E-state index contributed by atoms with van der Waals surface area (Å²) in [5, 5.41) is 10.8. The smallest absolute Gasteiger partial charge is 0.123 e. The summed E-state index contributed by atoms with van der Waals surface area (Å²) in [6.45, 7) is 4.38. The molecule has 0 spiro atoms. The molecule has 0 aliphatic rings. The summed E-state index contributed by atoms with van der Waals surface area (Å²) < 4.78 is 13.2. The van der Waals surface area contributed by atoms with Crippen molar-refractivity contribution in [2.45, 2.75) is 38.7 Å². The van der Waals surface area contributed by atoms with Crippen molar-refractivity contribution in [3.63, 3.8) is 0 Å². The van der Waals surface area contributed by atoms with Gasteiger partial charge in [0.15, 0.2) is 0 Å². The zero-order valence-electron chi connectivity index (χ0n) is 10.6. The minimum atomic E-state index is -1.02. The highest BCUT2D eigenvalue weighted by Gasteiger charge is 2.35. The molecule has 1 aromatic carbocycles. The Morgan fingerprint density at radius 2 is 2.12 bits per heavy atom. The highest BCUT2D eigenvalue weighted by Crippen LogP contribution is 2.35. The van der Waals surface area contributed by atoms with Crippen LogP contribution in [0.15, 0.2) is 24.3 Å². The van der Waals surface area contributed by atoms with Crippen LogP contribution in [0.25, 0.3) is 0 Å². The zero-order chi connectivity index (χ0) is 12.9. The maximum Gasteiger partial charge on any atom is 0.123 e. The highest BCUT2D eigenvalue weighted by atomic mass is 19.1. The number of rotatable bonds is 6. The Kier molecular flexibility index (Phi) is 5.09. The molecule has 2 unspecified atom stereocenters. The van der Waals surface area contributed by atoms with Crippen molar-refractivity contribution >= 4 is 0 Å². The molecule has 0 radical (unpaired) electrons. The molecule has 0 heterocycles. The van der Waals surface area contributed by atoms with Gasteiger partial charge in [0.1, 0.15) is 5.82 Å². The van der Waals surface area contributed by atoms with Crippen LogP contribution in [0.2, 0.25) is 0 Å². The van der Waals surface area contributed by atoms with E-state index < -0.39 is 5.60 Å². The van der Waals surface area contributed by atoms with Crippen molar-refractivity contribution in [3.05, 3.63) is 35.6 Å². The Bertz CT molecular complexity index is 356. The van der Waals surface area contributed by atoms with Gasteiger partial charge in [0.2, 0.25) is 0 Å². The molecular formula is C14H22FNO. The number of hydrogen-bond donors (Lipinski definition) is 2. The molecule has 0 saturated carbocycles. The van der Waals surface area contributed by atoms with Crippen molar-refractivity contribution in [2.75, 3.05) is 6.54 Å².